The van der Waals surface area contributed by atoms with Crippen LogP contribution in [0.15, 0.2) is 70.9 Å². The van der Waals surface area contributed by atoms with Crippen LogP contribution in [0.3, 0.4) is 0 Å². The predicted octanol–water partition coefficient (Wildman–Crippen LogP) is 3.10. The zero-order valence-electron chi connectivity index (χ0n) is 16.7. The van der Waals surface area contributed by atoms with Gasteiger partial charge in [0.1, 0.15) is 11.5 Å². The van der Waals surface area contributed by atoms with E-state index in [1.54, 1.807) is 18.2 Å². The second-order valence-electron chi connectivity index (χ2n) is 7.23. The SMILES string of the molecule is C=C(C1=CCCC=C1CO)N1CCOC[C@H]1CCOC1=CC=CCC(O)=C1C=O. The Morgan fingerprint density at radius 3 is 3.00 bits per heavy atom. The lowest BCUT2D eigenvalue weighted by Gasteiger charge is -2.40. The summed E-state index contributed by atoms with van der Waals surface area (Å²) in [6.07, 6.45) is 13.0. The Kier molecular flexibility index (Phi) is 7.49. The number of ether oxygens (including phenoxy) is 2. The minimum Gasteiger partial charge on any atom is -0.511 e. The molecule has 0 bridgehead atoms. The Morgan fingerprint density at radius 2 is 2.21 bits per heavy atom. The monoisotopic (exact) mass is 399 g/mol. The summed E-state index contributed by atoms with van der Waals surface area (Å²) >= 11 is 0. The minimum atomic E-state index is 0.00887. The second-order valence-corrected chi connectivity index (χ2v) is 7.23. The molecule has 0 aromatic carbocycles. The predicted molar refractivity (Wildman–Crippen MR) is 111 cm³/mol. The van der Waals surface area contributed by atoms with Gasteiger partial charge in [0.15, 0.2) is 6.29 Å². The molecular formula is C23H29NO5. The first-order valence-electron chi connectivity index (χ1n) is 10.1. The fourth-order valence-electron chi connectivity index (χ4n) is 3.82. The van der Waals surface area contributed by atoms with Crippen molar-refractivity contribution in [3.05, 3.63) is 70.9 Å². The number of hydrogen-bond donors (Lipinski definition) is 2. The van der Waals surface area contributed by atoms with Crippen molar-refractivity contribution in [2.75, 3.05) is 33.0 Å². The van der Waals surface area contributed by atoms with Gasteiger partial charge in [-0.2, -0.15) is 0 Å². The fraction of sp³-hybridized carbons (Fsp3) is 0.435. The minimum absolute atomic E-state index is 0.00887. The number of aliphatic hydroxyl groups excluding tert-OH is 2. The van der Waals surface area contributed by atoms with Crippen LogP contribution in [0.4, 0.5) is 0 Å². The molecule has 3 aliphatic rings. The van der Waals surface area contributed by atoms with Crippen LogP contribution in [-0.4, -0.2) is 60.4 Å². The zero-order valence-corrected chi connectivity index (χ0v) is 16.7. The molecule has 6 heteroatoms. The van der Waals surface area contributed by atoms with Crippen molar-refractivity contribution < 1.29 is 24.5 Å². The van der Waals surface area contributed by atoms with Crippen LogP contribution in [0, 0.1) is 0 Å². The molecule has 1 heterocycles. The maximum Gasteiger partial charge on any atom is 0.157 e. The highest BCUT2D eigenvalue weighted by Crippen LogP contribution is 2.29. The topological polar surface area (TPSA) is 79.2 Å². The van der Waals surface area contributed by atoms with Gasteiger partial charge in [-0.05, 0) is 30.1 Å². The van der Waals surface area contributed by atoms with Crippen LogP contribution in [-0.2, 0) is 14.3 Å². The molecule has 1 aliphatic heterocycles. The molecule has 156 valence electrons. The molecule has 0 aromatic heterocycles. The van der Waals surface area contributed by atoms with E-state index in [4.69, 9.17) is 9.47 Å². The molecule has 1 fully saturated rings. The third-order valence-corrected chi connectivity index (χ3v) is 5.41. The molecule has 1 atom stereocenters. The smallest absolute Gasteiger partial charge is 0.157 e. The number of nitrogens with zero attached hydrogens (tertiary/aromatic N) is 1. The van der Waals surface area contributed by atoms with Crippen molar-refractivity contribution in [2.45, 2.75) is 31.7 Å². The van der Waals surface area contributed by atoms with Crippen molar-refractivity contribution in [3.63, 3.8) is 0 Å². The molecule has 6 nitrogen and oxygen atoms in total. The van der Waals surface area contributed by atoms with Crippen LogP contribution in [0.2, 0.25) is 0 Å². The molecule has 0 aromatic rings. The largest absolute Gasteiger partial charge is 0.511 e. The van der Waals surface area contributed by atoms with Gasteiger partial charge >= 0.3 is 0 Å². The summed E-state index contributed by atoms with van der Waals surface area (Å²) < 4.78 is 11.5. The van der Waals surface area contributed by atoms with Crippen LogP contribution in [0.5, 0.6) is 0 Å². The third-order valence-electron chi connectivity index (χ3n) is 5.41. The van der Waals surface area contributed by atoms with E-state index >= 15 is 0 Å². The van der Waals surface area contributed by atoms with Crippen molar-refractivity contribution in [3.8, 4) is 0 Å². The third kappa shape index (κ3) is 5.08. The molecule has 3 rings (SSSR count). The molecule has 2 aliphatic carbocycles. The van der Waals surface area contributed by atoms with Gasteiger partial charge in [0.05, 0.1) is 38.0 Å². The quantitative estimate of drug-likeness (QED) is 0.611. The highest BCUT2D eigenvalue weighted by molar-refractivity contribution is 5.80. The van der Waals surface area contributed by atoms with Gasteiger partial charge in [-0.15, -0.1) is 0 Å². The van der Waals surface area contributed by atoms with E-state index in [0.29, 0.717) is 44.7 Å². The summed E-state index contributed by atoms with van der Waals surface area (Å²) in [7, 11) is 0. The highest BCUT2D eigenvalue weighted by Gasteiger charge is 2.27. The van der Waals surface area contributed by atoms with Crippen molar-refractivity contribution in [2.24, 2.45) is 0 Å². The second kappa shape index (κ2) is 10.3. The molecule has 1 saturated heterocycles. The number of aliphatic hydroxyl groups is 2. The number of carbonyl (C=O) groups is 1. The zero-order chi connectivity index (χ0) is 20.6. The van der Waals surface area contributed by atoms with Gasteiger partial charge in [-0.25, -0.2) is 0 Å². The van der Waals surface area contributed by atoms with E-state index in [1.807, 2.05) is 0 Å². The molecule has 0 unspecified atom stereocenters. The van der Waals surface area contributed by atoms with E-state index in [9.17, 15) is 15.0 Å². The Hall–Kier alpha value is -2.57. The first kappa shape index (κ1) is 21.1. The molecule has 0 saturated carbocycles. The summed E-state index contributed by atoms with van der Waals surface area (Å²) in [6, 6.07) is 0.0817. The summed E-state index contributed by atoms with van der Waals surface area (Å²) in [4.78, 5) is 13.6. The number of allylic oxidation sites excluding steroid dienone is 7. The van der Waals surface area contributed by atoms with Crippen LogP contribution in [0.25, 0.3) is 0 Å². The number of rotatable bonds is 8. The standard InChI is InChI=1S/C23H29NO5/c1-17(20-7-3-2-6-18(20)14-25)24-11-13-28-16-19(24)10-12-29-23-9-5-4-8-22(27)21(23)15-26/h4-7,9,15,19,25,27H,1-3,8,10-14,16H2/t19-/m1/s1. The number of aldehydes is 1. The summed E-state index contributed by atoms with van der Waals surface area (Å²) in [6.45, 7) is 6.61. The Bertz CT molecular complexity index is 787. The lowest BCUT2D eigenvalue weighted by molar-refractivity contribution is -0.105. The van der Waals surface area contributed by atoms with Gasteiger partial charge in [0.2, 0.25) is 0 Å². The molecule has 29 heavy (non-hydrogen) atoms. The van der Waals surface area contributed by atoms with Gasteiger partial charge in [-0.1, -0.05) is 30.9 Å². The van der Waals surface area contributed by atoms with Gasteiger partial charge in [0, 0.05) is 25.1 Å². The Balaban J connectivity index is 1.64. The summed E-state index contributed by atoms with van der Waals surface area (Å²) in [5.74, 6) is 0.400. The molecule has 2 N–H and O–H groups in total. The van der Waals surface area contributed by atoms with Crippen LogP contribution < -0.4 is 0 Å². The number of hydrogen-bond acceptors (Lipinski definition) is 6. The average molecular weight is 399 g/mol. The normalized spacial score (nSPS) is 22.4. The van der Waals surface area contributed by atoms with Crippen molar-refractivity contribution in [1.82, 2.24) is 4.90 Å². The van der Waals surface area contributed by atoms with Gasteiger partial charge < -0.3 is 24.6 Å². The van der Waals surface area contributed by atoms with Crippen LogP contribution in [0.1, 0.15) is 25.7 Å². The molecule has 0 spiro atoms. The van der Waals surface area contributed by atoms with E-state index in [1.165, 1.54) is 0 Å². The van der Waals surface area contributed by atoms with E-state index < -0.39 is 0 Å². The number of morpholine rings is 1. The lowest BCUT2D eigenvalue weighted by atomic mass is 9.94. The van der Waals surface area contributed by atoms with E-state index in [0.717, 1.165) is 36.2 Å². The van der Waals surface area contributed by atoms with E-state index in [2.05, 4.69) is 23.6 Å². The molecule has 0 radical (unpaired) electrons. The lowest BCUT2D eigenvalue weighted by Crippen LogP contribution is -2.45. The van der Waals surface area contributed by atoms with Crippen molar-refractivity contribution in [1.29, 1.82) is 0 Å². The maximum absolute atomic E-state index is 11.3. The molecule has 0 amide bonds. The average Bonchev–Trinajstić information content (AvgIpc) is 2.94. The van der Waals surface area contributed by atoms with Crippen molar-refractivity contribution >= 4 is 6.29 Å². The van der Waals surface area contributed by atoms with Gasteiger partial charge in [0.25, 0.3) is 0 Å². The molecular weight excluding hydrogens is 370 g/mol. The van der Waals surface area contributed by atoms with Crippen LogP contribution >= 0.6 is 0 Å². The Labute approximate surface area is 171 Å². The summed E-state index contributed by atoms with van der Waals surface area (Å²) in [5.41, 5.74) is 3.04. The summed E-state index contributed by atoms with van der Waals surface area (Å²) in [5, 5.41) is 19.7. The van der Waals surface area contributed by atoms with E-state index in [-0.39, 0.29) is 24.0 Å². The Morgan fingerprint density at radius 1 is 1.38 bits per heavy atom. The number of carbonyl (C=O) groups excluding carboxylic acids is 1. The first-order chi connectivity index (χ1) is 14.2. The van der Waals surface area contributed by atoms with Gasteiger partial charge in [-0.3, -0.25) is 4.79 Å². The maximum atomic E-state index is 11.3. The highest BCUT2D eigenvalue weighted by atomic mass is 16.5. The first-order valence-corrected chi connectivity index (χ1v) is 10.1. The fourth-order valence-corrected chi connectivity index (χ4v) is 3.82.